The summed E-state index contributed by atoms with van der Waals surface area (Å²) in [6.45, 7) is 8.93. The Morgan fingerprint density at radius 1 is 1.12 bits per heavy atom. The molecule has 14 nitrogen and oxygen atoms in total. The number of esters is 1. The quantitative estimate of drug-likeness (QED) is 0.175. The van der Waals surface area contributed by atoms with Crippen molar-refractivity contribution in [3.8, 4) is 5.75 Å². The third-order valence-electron chi connectivity index (χ3n) is 6.11. The van der Waals surface area contributed by atoms with E-state index in [4.69, 9.17) is 28.7 Å². The molecule has 1 amide bonds. The van der Waals surface area contributed by atoms with Crippen LogP contribution in [-0.2, 0) is 32.8 Å². The molecule has 15 heteroatoms. The average molecular weight is 628 g/mol. The Hall–Kier alpha value is -3.10. The molecule has 2 heterocycles. The van der Waals surface area contributed by atoms with Crippen LogP contribution in [0.2, 0.25) is 0 Å². The molecule has 1 aromatic carbocycles. The van der Waals surface area contributed by atoms with Gasteiger partial charge in [-0.15, -0.1) is 0 Å². The number of ether oxygens (including phenoxy) is 4. The van der Waals surface area contributed by atoms with Crippen molar-refractivity contribution in [1.29, 1.82) is 0 Å². The summed E-state index contributed by atoms with van der Waals surface area (Å²) in [4.78, 5) is 63.1. The van der Waals surface area contributed by atoms with Crippen molar-refractivity contribution >= 4 is 37.4 Å². The Morgan fingerprint density at radius 3 is 2.42 bits per heavy atom. The number of carbonyl (C=O) groups is 3. The lowest BCUT2D eigenvalue weighted by atomic mass is 10.0. The molecular formula is C28H38NO13P. The Bertz CT molecular complexity index is 1310. The minimum Gasteiger partial charge on any atom is -0.459 e. The highest BCUT2D eigenvalue weighted by Crippen LogP contribution is 2.37. The maximum atomic E-state index is 13.3. The Kier molecular flexibility index (Phi) is 10.9. The fourth-order valence-electron chi connectivity index (χ4n) is 4.43. The number of hydrogen-bond donors (Lipinski definition) is 3. The maximum Gasteiger partial charge on any atom is 0.469 e. The molecule has 0 aliphatic carbocycles. The van der Waals surface area contributed by atoms with E-state index in [9.17, 15) is 24.2 Å². The molecule has 1 fully saturated rings. The van der Waals surface area contributed by atoms with E-state index in [1.54, 1.807) is 53.7 Å². The summed E-state index contributed by atoms with van der Waals surface area (Å²) >= 11 is 0. The molecule has 1 saturated heterocycles. The standard InChI is InChI=1S/C28H38NO13P/c1-17-9-7-11-20(30)24-21(39-28(5,6)40-24)12-8-10-18-15-19(16-22(42-33)23(18)25(31)38-17)29(13-14-37-43(34,35)36)26(32)41-27(2,3)4/h7-8,10-11,15-17,21,24,33H,9,12-14H2,1-6H3,(H2,34,35,36)/b10-8+,11-7-. The summed E-state index contributed by atoms with van der Waals surface area (Å²) in [5.74, 6) is -2.54. The van der Waals surface area contributed by atoms with Gasteiger partial charge in [0.2, 0.25) is 0 Å². The smallest absolute Gasteiger partial charge is 0.459 e. The van der Waals surface area contributed by atoms with E-state index in [1.807, 2.05) is 0 Å². The predicted octanol–water partition coefficient (Wildman–Crippen LogP) is 4.39. The Morgan fingerprint density at radius 2 is 1.79 bits per heavy atom. The van der Waals surface area contributed by atoms with Gasteiger partial charge in [-0.25, -0.2) is 19.4 Å². The van der Waals surface area contributed by atoms with Crippen LogP contribution in [-0.4, -0.2) is 75.7 Å². The number of carbonyl (C=O) groups excluding carboxylic acids is 3. The summed E-state index contributed by atoms with van der Waals surface area (Å²) in [5.41, 5.74) is -0.918. The van der Waals surface area contributed by atoms with Gasteiger partial charge in [-0.2, -0.15) is 0 Å². The molecule has 0 aromatic heterocycles. The number of phosphoric acid groups is 1. The van der Waals surface area contributed by atoms with Crippen molar-refractivity contribution < 1.29 is 62.4 Å². The molecule has 238 valence electrons. The fourth-order valence-corrected chi connectivity index (χ4v) is 4.75. The number of rotatable bonds is 6. The van der Waals surface area contributed by atoms with Gasteiger partial charge >= 0.3 is 19.9 Å². The van der Waals surface area contributed by atoms with Gasteiger partial charge in [-0.05, 0) is 65.7 Å². The third-order valence-corrected chi connectivity index (χ3v) is 6.63. The van der Waals surface area contributed by atoms with Crippen LogP contribution in [0.3, 0.4) is 0 Å². The lowest BCUT2D eigenvalue weighted by Gasteiger charge is -2.28. The van der Waals surface area contributed by atoms with Gasteiger partial charge in [0, 0.05) is 12.5 Å². The zero-order chi connectivity index (χ0) is 32.2. The molecule has 2 aliphatic rings. The monoisotopic (exact) mass is 627 g/mol. The van der Waals surface area contributed by atoms with Crippen molar-refractivity contribution in [3.05, 3.63) is 41.5 Å². The second-order valence-electron chi connectivity index (χ2n) is 11.4. The van der Waals surface area contributed by atoms with Gasteiger partial charge in [-0.3, -0.25) is 14.2 Å². The topological polar surface area (TPSA) is 188 Å². The first-order valence-corrected chi connectivity index (χ1v) is 15.1. The number of cyclic esters (lactones) is 1. The van der Waals surface area contributed by atoms with Crippen LogP contribution in [0, 0.1) is 0 Å². The Labute approximate surface area is 249 Å². The first-order valence-electron chi connectivity index (χ1n) is 13.5. The summed E-state index contributed by atoms with van der Waals surface area (Å²) in [5, 5.41) is 9.79. The minimum absolute atomic E-state index is 0.0375. The van der Waals surface area contributed by atoms with Crippen LogP contribution in [0.5, 0.6) is 5.75 Å². The first kappa shape index (κ1) is 34.4. The summed E-state index contributed by atoms with van der Waals surface area (Å²) < 4.78 is 38.6. The molecule has 0 saturated carbocycles. The van der Waals surface area contributed by atoms with Crippen LogP contribution in [0.1, 0.15) is 70.3 Å². The van der Waals surface area contributed by atoms with Crippen molar-refractivity contribution in [2.75, 3.05) is 18.1 Å². The number of anilines is 1. The van der Waals surface area contributed by atoms with Crippen molar-refractivity contribution in [3.63, 3.8) is 0 Å². The molecule has 43 heavy (non-hydrogen) atoms. The van der Waals surface area contributed by atoms with Crippen LogP contribution >= 0.6 is 7.82 Å². The molecular weight excluding hydrogens is 589 g/mol. The molecule has 1 aromatic rings. The highest BCUT2D eigenvalue weighted by Gasteiger charge is 2.43. The van der Waals surface area contributed by atoms with Crippen molar-refractivity contribution in [1.82, 2.24) is 0 Å². The van der Waals surface area contributed by atoms with Gasteiger partial charge < -0.3 is 33.6 Å². The molecule has 2 aliphatic heterocycles. The van der Waals surface area contributed by atoms with E-state index < -0.39 is 56.2 Å². The van der Waals surface area contributed by atoms with Crippen LogP contribution < -0.4 is 9.79 Å². The number of amides is 1. The number of nitrogens with zero attached hydrogens (tertiary/aromatic N) is 1. The van der Waals surface area contributed by atoms with E-state index in [1.165, 1.54) is 24.3 Å². The summed E-state index contributed by atoms with van der Waals surface area (Å²) in [7, 11) is -4.86. The predicted molar refractivity (Wildman–Crippen MR) is 152 cm³/mol. The average Bonchev–Trinajstić information content (AvgIpc) is 3.17. The van der Waals surface area contributed by atoms with Gasteiger partial charge in [0.15, 0.2) is 17.3 Å². The zero-order valence-electron chi connectivity index (χ0n) is 24.8. The summed E-state index contributed by atoms with van der Waals surface area (Å²) in [6, 6.07) is 2.58. The van der Waals surface area contributed by atoms with E-state index >= 15 is 0 Å². The number of hydrogen-bond acceptors (Lipinski definition) is 11. The molecule has 0 radical (unpaired) electrons. The van der Waals surface area contributed by atoms with E-state index in [0.717, 1.165) is 4.90 Å². The lowest BCUT2D eigenvalue weighted by molar-refractivity contribution is -0.152. The zero-order valence-corrected chi connectivity index (χ0v) is 25.7. The normalized spacial score (nSPS) is 24.2. The van der Waals surface area contributed by atoms with Gasteiger partial charge in [-0.1, -0.05) is 18.2 Å². The molecule has 0 bridgehead atoms. The minimum atomic E-state index is -4.86. The van der Waals surface area contributed by atoms with E-state index in [-0.39, 0.29) is 47.7 Å². The van der Waals surface area contributed by atoms with Crippen LogP contribution in [0.4, 0.5) is 10.5 Å². The van der Waals surface area contributed by atoms with Gasteiger partial charge in [0.25, 0.3) is 0 Å². The highest BCUT2D eigenvalue weighted by atomic mass is 31.2. The molecule has 3 rings (SSSR count). The van der Waals surface area contributed by atoms with Crippen LogP contribution in [0.25, 0.3) is 6.08 Å². The van der Waals surface area contributed by atoms with Gasteiger partial charge in [0.1, 0.15) is 23.4 Å². The Balaban J connectivity index is 2.10. The number of benzene rings is 1. The van der Waals surface area contributed by atoms with Gasteiger partial charge in [0.05, 0.1) is 24.9 Å². The van der Waals surface area contributed by atoms with E-state index in [0.29, 0.717) is 0 Å². The first-order chi connectivity index (χ1) is 19.9. The number of ketones is 1. The molecule has 3 unspecified atom stereocenters. The van der Waals surface area contributed by atoms with Crippen molar-refractivity contribution in [2.24, 2.45) is 0 Å². The summed E-state index contributed by atoms with van der Waals surface area (Å²) in [6.07, 6.45) is 3.33. The second kappa shape index (κ2) is 13.7. The largest absolute Gasteiger partial charge is 0.469 e. The maximum absolute atomic E-state index is 13.3. The number of fused-ring (bicyclic) bond motifs is 2. The number of phosphoric ester groups is 1. The molecule has 0 spiro atoms. The second-order valence-corrected chi connectivity index (χ2v) is 12.7. The SMILES string of the molecule is CC1C/C=C\C(=O)C2OC(C)(C)OC2C/C=C/c2cc(N(CCOP(=O)(O)O)C(=O)OC(C)(C)C)cc(OO)c2C(=O)O1. The van der Waals surface area contributed by atoms with Crippen molar-refractivity contribution in [2.45, 2.75) is 84.1 Å². The lowest BCUT2D eigenvalue weighted by Crippen LogP contribution is -2.39. The molecule has 3 atom stereocenters. The molecule has 3 N–H and O–H groups in total. The van der Waals surface area contributed by atoms with E-state index in [2.05, 4.69) is 9.41 Å². The van der Waals surface area contributed by atoms with Crippen LogP contribution in [0.15, 0.2) is 30.4 Å². The fraction of sp³-hybridized carbons (Fsp3) is 0.536. The highest BCUT2D eigenvalue weighted by molar-refractivity contribution is 7.46. The third kappa shape index (κ3) is 9.97.